The van der Waals surface area contributed by atoms with Crippen molar-refractivity contribution in [2.24, 2.45) is 0 Å². The number of sulfonamides is 1. The highest BCUT2D eigenvalue weighted by Crippen LogP contribution is 2.27. The van der Waals surface area contributed by atoms with E-state index in [2.05, 4.69) is 5.32 Å². The highest BCUT2D eigenvalue weighted by molar-refractivity contribution is 7.89. The fourth-order valence-corrected chi connectivity index (χ4v) is 5.31. The van der Waals surface area contributed by atoms with Gasteiger partial charge in [-0.2, -0.15) is 4.31 Å². The summed E-state index contributed by atoms with van der Waals surface area (Å²) in [7, 11) is -3.59. The molecular formula is C21H26N2O3S. The minimum atomic E-state index is -3.59. The SMILES string of the molecule is Cc1ccc(NC(=O)C[C@@H]2CCCCN2S(=O)(=O)c2ccccc2)c(C)c1. The first-order chi connectivity index (χ1) is 12.9. The van der Waals surface area contributed by atoms with Gasteiger partial charge < -0.3 is 5.32 Å². The number of aryl methyl sites for hydroxylation is 2. The number of hydrogen-bond acceptors (Lipinski definition) is 3. The van der Waals surface area contributed by atoms with Gasteiger partial charge in [-0.3, -0.25) is 4.79 Å². The van der Waals surface area contributed by atoms with E-state index in [9.17, 15) is 13.2 Å². The van der Waals surface area contributed by atoms with Crippen molar-refractivity contribution in [3.8, 4) is 0 Å². The number of nitrogens with one attached hydrogen (secondary N) is 1. The van der Waals surface area contributed by atoms with Gasteiger partial charge in [0.05, 0.1) is 4.90 Å². The van der Waals surface area contributed by atoms with Gasteiger partial charge in [0.25, 0.3) is 0 Å². The summed E-state index contributed by atoms with van der Waals surface area (Å²) in [5.41, 5.74) is 2.91. The van der Waals surface area contributed by atoms with Crippen LogP contribution in [-0.4, -0.2) is 31.2 Å². The van der Waals surface area contributed by atoms with Gasteiger partial charge in [-0.15, -0.1) is 0 Å². The Hall–Kier alpha value is -2.18. The molecule has 2 aromatic rings. The average Bonchev–Trinajstić information content (AvgIpc) is 2.65. The third-order valence-electron chi connectivity index (χ3n) is 5.00. The van der Waals surface area contributed by atoms with E-state index in [1.54, 1.807) is 30.3 Å². The molecule has 6 heteroatoms. The number of anilines is 1. The van der Waals surface area contributed by atoms with Gasteiger partial charge in [0.15, 0.2) is 0 Å². The van der Waals surface area contributed by atoms with Gasteiger partial charge in [-0.05, 0) is 50.5 Å². The number of nitrogens with zero attached hydrogens (tertiary/aromatic N) is 1. The summed E-state index contributed by atoms with van der Waals surface area (Å²) in [6.07, 6.45) is 2.62. The number of hydrogen-bond donors (Lipinski definition) is 1. The molecule has 1 N–H and O–H groups in total. The molecule has 3 rings (SSSR count). The van der Waals surface area contributed by atoms with Gasteiger partial charge >= 0.3 is 0 Å². The third-order valence-corrected chi connectivity index (χ3v) is 6.97. The van der Waals surface area contributed by atoms with E-state index in [-0.39, 0.29) is 23.3 Å². The van der Waals surface area contributed by atoms with E-state index in [1.165, 1.54) is 4.31 Å². The Labute approximate surface area is 161 Å². The highest BCUT2D eigenvalue weighted by atomic mass is 32.2. The Kier molecular flexibility index (Phi) is 5.97. The average molecular weight is 387 g/mol. The third kappa shape index (κ3) is 4.57. The second-order valence-electron chi connectivity index (χ2n) is 7.15. The predicted octanol–water partition coefficient (Wildman–Crippen LogP) is 3.88. The standard InChI is InChI=1S/C21H26N2O3S/c1-16-11-12-20(17(2)14-16)22-21(24)15-18-8-6-7-13-23(18)27(25,26)19-9-4-3-5-10-19/h3-5,9-12,14,18H,6-8,13,15H2,1-2H3,(H,22,24)/t18-/m0/s1. The first-order valence-electron chi connectivity index (χ1n) is 9.32. The van der Waals surface area contributed by atoms with Crippen LogP contribution in [0.5, 0.6) is 0 Å². The summed E-state index contributed by atoms with van der Waals surface area (Å²) in [6, 6.07) is 14.0. The van der Waals surface area contributed by atoms with E-state index in [0.29, 0.717) is 13.0 Å². The number of benzene rings is 2. The zero-order valence-corrected chi connectivity index (χ0v) is 16.6. The van der Waals surface area contributed by atoms with Crippen LogP contribution in [0.15, 0.2) is 53.4 Å². The second-order valence-corrected chi connectivity index (χ2v) is 9.04. The molecule has 5 nitrogen and oxygen atoms in total. The lowest BCUT2D eigenvalue weighted by atomic mass is 10.0. The van der Waals surface area contributed by atoms with Crippen molar-refractivity contribution in [1.29, 1.82) is 0 Å². The normalized spacial score (nSPS) is 18.2. The van der Waals surface area contributed by atoms with Crippen LogP contribution in [0.3, 0.4) is 0 Å². The van der Waals surface area contributed by atoms with Gasteiger partial charge in [0.2, 0.25) is 15.9 Å². The summed E-state index contributed by atoms with van der Waals surface area (Å²) in [6.45, 7) is 4.42. The molecule has 1 aliphatic rings. The fraction of sp³-hybridized carbons (Fsp3) is 0.381. The molecule has 1 aliphatic heterocycles. The van der Waals surface area contributed by atoms with E-state index < -0.39 is 10.0 Å². The maximum Gasteiger partial charge on any atom is 0.243 e. The van der Waals surface area contributed by atoms with Crippen molar-refractivity contribution >= 4 is 21.6 Å². The maximum absolute atomic E-state index is 13.0. The smallest absolute Gasteiger partial charge is 0.243 e. The molecule has 1 atom stereocenters. The van der Waals surface area contributed by atoms with Crippen molar-refractivity contribution in [3.05, 3.63) is 59.7 Å². The first kappa shape index (κ1) is 19.6. The lowest BCUT2D eigenvalue weighted by molar-refractivity contribution is -0.117. The first-order valence-corrected chi connectivity index (χ1v) is 10.8. The van der Waals surface area contributed by atoms with Gasteiger partial charge in [-0.1, -0.05) is 42.3 Å². The van der Waals surface area contributed by atoms with Gasteiger partial charge in [0.1, 0.15) is 0 Å². The monoisotopic (exact) mass is 386 g/mol. The quantitative estimate of drug-likeness (QED) is 0.848. The molecule has 0 aromatic heterocycles. The van der Waals surface area contributed by atoms with E-state index in [0.717, 1.165) is 29.7 Å². The minimum Gasteiger partial charge on any atom is -0.326 e. The lowest BCUT2D eigenvalue weighted by Crippen LogP contribution is -2.45. The van der Waals surface area contributed by atoms with Gasteiger partial charge in [-0.25, -0.2) is 8.42 Å². The van der Waals surface area contributed by atoms with E-state index >= 15 is 0 Å². The zero-order valence-electron chi connectivity index (χ0n) is 15.8. The summed E-state index contributed by atoms with van der Waals surface area (Å²) >= 11 is 0. The Morgan fingerprint density at radius 3 is 2.56 bits per heavy atom. The number of carbonyl (C=O) groups is 1. The predicted molar refractivity (Wildman–Crippen MR) is 107 cm³/mol. The Bertz CT molecular complexity index is 910. The molecule has 1 fully saturated rings. The van der Waals surface area contributed by atoms with Crippen LogP contribution in [0.4, 0.5) is 5.69 Å². The molecule has 0 aliphatic carbocycles. The van der Waals surface area contributed by atoms with Crippen molar-refractivity contribution in [2.75, 3.05) is 11.9 Å². The van der Waals surface area contributed by atoms with Crippen LogP contribution in [0, 0.1) is 13.8 Å². The summed E-state index contributed by atoms with van der Waals surface area (Å²) in [4.78, 5) is 12.9. The van der Waals surface area contributed by atoms with Crippen LogP contribution in [-0.2, 0) is 14.8 Å². The number of amides is 1. The molecule has 144 valence electrons. The maximum atomic E-state index is 13.0. The van der Waals surface area contributed by atoms with Crippen LogP contribution in [0.2, 0.25) is 0 Å². The lowest BCUT2D eigenvalue weighted by Gasteiger charge is -2.34. The number of carbonyl (C=O) groups excluding carboxylic acids is 1. The van der Waals surface area contributed by atoms with Crippen LogP contribution in [0.25, 0.3) is 0 Å². The van der Waals surface area contributed by atoms with Crippen LogP contribution in [0.1, 0.15) is 36.8 Å². The van der Waals surface area contributed by atoms with Gasteiger partial charge in [0, 0.05) is 24.7 Å². The molecular weight excluding hydrogens is 360 g/mol. The van der Waals surface area contributed by atoms with Crippen molar-refractivity contribution in [1.82, 2.24) is 4.31 Å². The molecule has 0 radical (unpaired) electrons. The topological polar surface area (TPSA) is 66.5 Å². The molecule has 2 aromatic carbocycles. The molecule has 0 unspecified atom stereocenters. The Morgan fingerprint density at radius 2 is 1.85 bits per heavy atom. The molecule has 0 bridgehead atoms. The molecule has 0 saturated carbocycles. The van der Waals surface area contributed by atoms with Crippen molar-refractivity contribution < 1.29 is 13.2 Å². The van der Waals surface area contributed by atoms with Crippen molar-refractivity contribution in [2.45, 2.75) is 50.5 Å². The summed E-state index contributed by atoms with van der Waals surface area (Å²) in [5.74, 6) is -0.151. The molecule has 27 heavy (non-hydrogen) atoms. The molecule has 1 heterocycles. The fourth-order valence-electron chi connectivity index (χ4n) is 3.59. The van der Waals surface area contributed by atoms with Crippen LogP contribution >= 0.6 is 0 Å². The van der Waals surface area contributed by atoms with Crippen LogP contribution < -0.4 is 5.32 Å². The summed E-state index contributed by atoms with van der Waals surface area (Å²) in [5, 5.41) is 2.94. The zero-order chi connectivity index (χ0) is 19.4. The number of piperidine rings is 1. The Balaban J connectivity index is 1.75. The second kappa shape index (κ2) is 8.23. The minimum absolute atomic E-state index is 0.151. The molecule has 1 saturated heterocycles. The van der Waals surface area contributed by atoms with E-state index in [4.69, 9.17) is 0 Å². The highest BCUT2D eigenvalue weighted by Gasteiger charge is 2.34. The van der Waals surface area contributed by atoms with Crippen molar-refractivity contribution in [3.63, 3.8) is 0 Å². The molecule has 1 amide bonds. The summed E-state index contributed by atoms with van der Waals surface area (Å²) < 4.78 is 27.6. The molecule has 0 spiro atoms. The Morgan fingerprint density at radius 1 is 1.11 bits per heavy atom. The number of rotatable bonds is 5. The largest absolute Gasteiger partial charge is 0.326 e. The van der Waals surface area contributed by atoms with E-state index in [1.807, 2.05) is 32.0 Å².